The molecule has 0 aliphatic rings. The molecule has 24 heavy (non-hydrogen) atoms. The standard InChI is InChI=1S/C20H15FN2S/c1-14-11-18(16-5-3-2-4-6-16)19(12-22)20(23-14)24-13-15-7-9-17(21)10-8-15/h2-11H,13H2,1H3. The number of nitrogens with zero attached hydrogens (tertiary/aromatic N) is 2. The van der Waals surface area contributed by atoms with Gasteiger partial charge in [0.25, 0.3) is 0 Å². The van der Waals surface area contributed by atoms with Crippen molar-refractivity contribution in [1.29, 1.82) is 5.26 Å². The van der Waals surface area contributed by atoms with Crippen molar-refractivity contribution in [1.82, 2.24) is 4.98 Å². The minimum Gasteiger partial charge on any atom is -0.245 e. The van der Waals surface area contributed by atoms with Gasteiger partial charge < -0.3 is 0 Å². The van der Waals surface area contributed by atoms with Crippen molar-refractivity contribution < 1.29 is 4.39 Å². The number of hydrogen-bond acceptors (Lipinski definition) is 3. The number of rotatable bonds is 4. The Kier molecular flexibility index (Phi) is 4.93. The Morgan fingerprint density at radius 1 is 1.08 bits per heavy atom. The number of hydrogen-bond donors (Lipinski definition) is 0. The van der Waals surface area contributed by atoms with Crippen LogP contribution in [-0.2, 0) is 5.75 Å². The zero-order valence-electron chi connectivity index (χ0n) is 13.2. The molecule has 2 aromatic carbocycles. The van der Waals surface area contributed by atoms with Gasteiger partial charge in [-0.05, 0) is 36.2 Å². The molecular formula is C20H15FN2S. The van der Waals surface area contributed by atoms with Crippen molar-refractivity contribution in [3.05, 3.63) is 83.3 Å². The summed E-state index contributed by atoms with van der Waals surface area (Å²) >= 11 is 1.50. The van der Waals surface area contributed by atoms with Gasteiger partial charge in [-0.2, -0.15) is 5.26 Å². The summed E-state index contributed by atoms with van der Waals surface area (Å²) in [5, 5.41) is 10.3. The van der Waals surface area contributed by atoms with Gasteiger partial charge in [0.2, 0.25) is 0 Å². The number of pyridine rings is 1. The van der Waals surface area contributed by atoms with Gasteiger partial charge in [0.15, 0.2) is 0 Å². The molecule has 1 aromatic heterocycles. The summed E-state index contributed by atoms with van der Waals surface area (Å²) in [5.41, 5.74) is 4.35. The maximum atomic E-state index is 13.0. The third-order valence-corrected chi connectivity index (χ3v) is 4.65. The maximum Gasteiger partial charge on any atom is 0.123 e. The summed E-state index contributed by atoms with van der Waals surface area (Å²) in [6.07, 6.45) is 0. The average Bonchev–Trinajstić information content (AvgIpc) is 2.61. The molecule has 0 atom stereocenters. The number of nitriles is 1. The Morgan fingerprint density at radius 2 is 1.79 bits per heavy atom. The molecule has 0 saturated carbocycles. The Hall–Kier alpha value is -2.64. The van der Waals surface area contributed by atoms with Crippen LogP contribution in [0.3, 0.4) is 0 Å². The summed E-state index contributed by atoms with van der Waals surface area (Å²) < 4.78 is 13.0. The van der Waals surface area contributed by atoms with E-state index >= 15 is 0 Å². The molecule has 0 N–H and O–H groups in total. The van der Waals surface area contributed by atoms with Crippen LogP contribution >= 0.6 is 11.8 Å². The van der Waals surface area contributed by atoms with Gasteiger partial charge in [-0.15, -0.1) is 11.8 Å². The molecule has 0 radical (unpaired) electrons. The highest BCUT2D eigenvalue weighted by Gasteiger charge is 2.13. The molecule has 1 heterocycles. The van der Waals surface area contributed by atoms with Gasteiger partial charge in [0.1, 0.15) is 16.9 Å². The monoisotopic (exact) mass is 334 g/mol. The smallest absolute Gasteiger partial charge is 0.123 e. The van der Waals surface area contributed by atoms with Crippen molar-refractivity contribution >= 4 is 11.8 Å². The van der Waals surface area contributed by atoms with Crippen LogP contribution in [0.1, 0.15) is 16.8 Å². The van der Waals surface area contributed by atoms with Gasteiger partial charge in [-0.1, -0.05) is 42.5 Å². The molecule has 0 aliphatic heterocycles. The first-order valence-corrected chi connectivity index (χ1v) is 8.50. The highest BCUT2D eigenvalue weighted by molar-refractivity contribution is 7.98. The van der Waals surface area contributed by atoms with E-state index in [1.807, 2.05) is 43.3 Å². The molecule has 0 bridgehead atoms. The molecule has 4 heteroatoms. The fourth-order valence-electron chi connectivity index (χ4n) is 2.43. The molecule has 2 nitrogen and oxygen atoms in total. The Balaban J connectivity index is 1.94. The molecule has 0 spiro atoms. The predicted molar refractivity (Wildman–Crippen MR) is 95.1 cm³/mol. The minimum atomic E-state index is -0.249. The van der Waals surface area contributed by atoms with Gasteiger partial charge >= 0.3 is 0 Å². The Bertz CT molecular complexity index is 884. The van der Waals surface area contributed by atoms with Crippen molar-refractivity contribution in [3.8, 4) is 17.2 Å². The summed E-state index contributed by atoms with van der Waals surface area (Å²) in [7, 11) is 0. The van der Waals surface area contributed by atoms with Crippen LogP contribution in [0.5, 0.6) is 0 Å². The van der Waals surface area contributed by atoms with Crippen molar-refractivity contribution in [3.63, 3.8) is 0 Å². The molecule has 0 unspecified atom stereocenters. The second-order valence-corrected chi connectivity index (χ2v) is 6.35. The zero-order chi connectivity index (χ0) is 16.9. The lowest BCUT2D eigenvalue weighted by atomic mass is 10.0. The van der Waals surface area contributed by atoms with Crippen LogP contribution in [0.4, 0.5) is 4.39 Å². The predicted octanol–water partition coefficient (Wildman–Crippen LogP) is 5.36. The van der Waals surface area contributed by atoms with E-state index in [-0.39, 0.29) is 5.82 Å². The minimum absolute atomic E-state index is 0.249. The third kappa shape index (κ3) is 3.64. The van der Waals surface area contributed by atoms with E-state index in [0.717, 1.165) is 22.4 Å². The van der Waals surface area contributed by atoms with E-state index in [1.54, 1.807) is 12.1 Å². The molecule has 0 aliphatic carbocycles. The topological polar surface area (TPSA) is 36.7 Å². The zero-order valence-corrected chi connectivity index (χ0v) is 14.0. The van der Waals surface area contributed by atoms with E-state index < -0.39 is 0 Å². The fraction of sp³-hybridized carbons (Fsp3) is 0.100. The van der Waals surface area contributed by atoms with Crippen molar-refractivity contribution in [2.75, 3.05) is 0 Å². The first-order chi connectivity index (χ1) is 11.7. The van der Waals surface area contributed by atoms with E-state index in [2.05, 4.69) is 11.1 Å². The summed E-state index contributed by atoms with van der Waals surface area (Å²) in [4.78, 5) is 4.53. The normalized spacial score (nSPS) is 10.4. The summed E-state index contributed by atoms with van der Waals surface area (Å²) in [5.74, 6) is 0.390. The molecular weight excluding hydrogens is 319 g/mol. The van der Waals surface area contributed by atoms with Crippen LogP contribution in [0.25, 0.3) is 11.1 Å². The average molecular weight is 334 g/mol. The summed E-state index contributed by atoms with van der Waals surface area (Å²) in [6.45, 7) is 1.93. The van der Waals surface area contributed by atoms with Crippen LogP contribution in [-0.4, -0.2) is 4.98 Å². The largest absolute Gasteiger partial charge is 0.245 e. The van der Waals surface area contributed by atoms with Gasteiger partial charge in [0, 0.05) is 17.0 Å². The SMILES string of the molecule is Cc1cc(-c2ccccc2)c(C#N)c(SCc2ccc(F)cc2)n1. The van der Waals surface area contributed by atoms with Crippen LogP contribution < -0.4 is 0 Å². The molecule has 0 fully saturated rings. The van der Waals surface area contributed by atoms with E-state index in [9.17, 15) is 9.65 Å². The highest BCUT2D eigenvalue weighted by Crippen LogP contribution is 2.32. The second-order valence-electron chi connectivity index (χ2n) is 5.38. The van der Waals surface area contributed by atoms with Gasteiger partial charge in [0.05, 0.1) is 5.56 Å². The van der Waals surface area contributed by atoms with E-state index in [1.165, 1.54) is 23.9 Å². The highest BCUT2D eigenvalue weighted by atomic mass is 32.2. The summed E-state index contributed by atoms with van der Waals surface area (Å²) in [6, 6.07) is 20.5. The first kappa shape index (κ1) is 16.2. The number of thioether (sulfide) groups is 1. The first-order valence-electron chi connectivity index (χ1n) is 7.52. The van der Waals surface area contributed by atoms with Crippen LogP contribution in [0.15, 0.2) is 65.7 Å². The molecule has 0 amide bonds. The van der Waals surface area contributed by atoms with Crippen LogP contribution in [0, 0.1) is 24.1 Å². The lowest BCUT2D eigenvalue weighted by Crippen LogP contribution is -1.95. The Labute approximate surface area is 145 Å². The van der Waals surface area contributed by atoms with Crippen molar-refractivity contribution in [2.45, 2.75) is 17.7 Å². The number of benzene rings is 2. The lowest BCUT2D eigenvalue weighted by Gasteiger charge is -2.10. The molecule has 0 saturated heterocycles. The van der Waals surface area contributed by atoms with Crippen molar-refractivity contribution in [2.24, 2.45) is 0 Å². The quantitative estimate of drug-likeness (QED) is 0.603. The van der Waals surface area contributed by atoms with Crippen LogP contribution in [0.2, 0.25) is 0 Å². The van der Waals surface area contributed by atoms with Gasteiger partial charge in [-0.25, -0.2) is 9.37 Å². The number of halogens is 1. The molecule has 3 rings (SSSR count). The number of aromatic nitrogens is 1. The number of aryl methyl sites for hydroxylation is 1. The molecule has 118 valence electrons. The second kappa shape index (κ2) is 7.29. The third-order valence-electron chi connectivity index (χ3n) is 3.60. The Morgan fingerprint density at radius 3 is 2.46 bits per heavy atom. The molecule has 3 aromatic rings. The lowest BCUT2D eigenvalue weighted by molar-refractivity contribution is 0.627. The van der Waals surface area contributed by atoms with E-state index in [4.69, 9.17) is 0 Å². The van der Waals surface area contributed by atoms with Gasteiger partial charge in [-0.3, -0.25) is 0 Å². The van der Waals surface area contributed by atoms with E-state index in [0.29, 0.717) is 16.3 Å². The maximum absolute atomic E-state index is 13.0. The fourth-order valence-corrected chi connectivity index (χ4v) is 3.44.